The first kappa shape index (κ1) is 16.7. The van der Waals surface area contributed by atoms with Gasteiger partial charge in [-0.15, -0.1) is 0 Å². The molecule has 0 aromatic heterocycles. The second kappa shape index (κ2) is 6.89. The predicted octanol–water partition coefficient (Wildman–Crippen LogP) is 3.04. The van der Waals surface area contributed by atoms with Gasteiger partial charge in [-0.1, -0.05) is 12.1 Å². The standard InChI is InChI=1S/C16H20N2O3/c1-11(18-15(20)21-16(2,3)4)9-14(19)13-7-5-12(10-17)6-8-13/h5-8,11H,9H2,1-4H3,(H,18,20). The molecular weight excluding hydrogens is 268 g/mol. The SMILES string of the molecule is CC(CC(=O)c1ccc(C#N)cc1)NC(=O)OC(C)(C)C. The van der Waals surface area contributed by atoms with Crippen molar-refractivity contribution in [2.75, 3.05) is 0 Å². The minimum absolute atomic E-state index is 0.0944. The van der Waals surface area contributed by atoms with Crippen molar-refractivity contribution in [1.82, 2.24) is 5.32 Å². The molecule has 0 aliphatic heterocycles. The summed E-state index contributed by atoms with van der Waals surface area (Å²) in [7, 11) is 0. The van der Waals surface area contributed by atoms with Crippen LogP contribution in [0.1, 0.15) is 50.0 Å². The average Bonchev–Trinajstić information content (AvgIpc) is 2.36. The van der Waals surface area contributed by atoms with Crippen molar-refractivity contribution in [3.8, 4) is 6.07 Å². The van der Waals surface area contributed by atoms with Crippen LogP contribution in [0.3, 0.4) is 0 Å². The number of alkyl carbamates (subject to hydrolysis) is 1. The van der Waals surface area contributed by atoms with E-state index in [2.05, 4.69) is 5.32 Å². The van der Waals surface area contributed by atoms with Crippen molar-refractivity contribution < 1.29 is 14.3 Å². The molecule has 0 fully saturated rings. The number of carbonyl (C=O) groups is 2. The number of hydrogen-bond acceptors (Lipinski definition) is 4. The fraction of sp³-hybridized carbons (Fsp3) is 0.438. The molecule has 1 aromatic rings. The maximum Gasteiger partial charge on any atom is 0.407 e. The fourth-order valence-electron chi connectivity index (χ4n) is 1.69. The van der Waals surface area contributed by atoms with Crippen LogP contribution in [0.15, 0.2) is 24.3 Å². The quantitative estimate of drug-likeness (QED) is 0.864. The Labute approximate surface area is 124 Å². The third kappa shape index (κ3) is 6.09. The molecule has 0 saturated carbocycles. The number of carbonyl (C=O) groups excluding carboxylic acids is 2. The molecule has 0 aliphatic rings. The molecule has 5 nitrogen and oxygen atoms in total. The summed E-state index contributed by atoms with van der Waals surface area (Å²) in [6.45, 7) is 7.07. The number of rotatable bonds is 4. The lowest BCUT2D eigenvalue weighted by Gasteiger charge is -2.21. The summed E-state index contributed by atoms with van der Waals surface area (Å²) < 4.78 is 5.13. The first-order chi connectivity index (χ1) is 9.71. The normalized spacial score (nSPS) is 12.1. The van der Waals surface area contributed by atoms with Crippen molar-refractivity contribution >= 4 is 11.9 Å². The topological polar surface area (TPSA) is 79.2 Å². The molecule has 1 unspecified atom stereocenters. The van der Waals surface area contributed by atoms with Crippen molar-refractivity contribution in [3.05, 3.63) is 35.4 Å². The Hall–Kier alpha value is -2.35. The van der Waals surface area contributed by atoms with Gasteiger partial charge in [-0.05, 0) is 39.8 Å². The molecule has 0 bridgehead atoms. The summed E-state index contributed by atoms with van der Waals surface area (Å²) in [5.41, 5.74) is 0.458. The number of hydrogen-bond donors (Lipinski definition) is 1. The van der Waals surface area contributed by atoms with E-state index < -0.39 is 11.7 Å². The van der Waals surface area contributed by atoms with Crippen molar-refractivity contribution in [2.45, 2.75) is 45.8 Å². The highest BCUT2D eigenvalue weighted by atomic mass is 16.6. The summed E-state index contributed by atoms with van der Waals surface area (Å²) in [6.07, 6.45) is -0.367. The maximum absolute atomic E-state index is 12.0. The lowest BCUT2D eigenvalue weighted by Crippen LogP contribution is -2.38. The van der Waals surface area contributed by atoms with E-state index in [0.29, 0.717) is 11.1 Å². The Morgan fingerprint density at radius 2 is 1.86 bits per heavy atom. The van der Waals surface area contributed by atoms with Gasteiger partial charge in [0.2, 0.25) is 0 Å². The van der Waals surface area contributed by atoms with Crippen LogP contribution in [-0.2, 0) is 4.74 Å². The van der Waals surface area contributed by atoms with E-state index >= 15 is 0 Å². The van der Waals surface area contributed by atoms with Gasteiger partial charge in [0.05, 0.1) is 11.6 Å². The van der Waals surface area contributed by atoms with Gasteiger partial charge >= 0.3 is 6.09 Å². The molecule has 5 heteroatoms. The number of benzene rings is 1. The zero-order valence-electron chi connectivity index (χ0n) is 12.8. The third-order valence-electron chi connectivity index (χ3n) is 2.59. The number of amides is 1. The largest absolute Gasteiger partial charge is 0.444 e. The number of ether oxygens (including phenoxy) is 1. The van der Waals surface area contributed by atoms with E-state index in [1.807, 2.05) is 6.07 Å². The molecule has 21 heavy (non-hydrogen) atoms. The van der Waals surface area contributed by atoms with E-state index in [4.69, 9.17) is 10.00 Å². The van der Waals surface area contributed by atoms with Crippen molar-refractivity contribution in [2.24, 2.45) is 0 Å². The molecule has 0 aliphatic carbocycles. The van der Waals surface area contributed by atoms with E-state index in [-0.39, 0.29) is 18.2 Å². The number of nitrogens with one attached hydrogen (secondary N) is 1. The second-order valence-corrected chi connectivity index (χ2v) is 5.86. The zero-order valence-corrected chi connectivity index (χ0v) is 12.8. The Kier molecular flexibility index (Phi) is 5.48. The molecule has 0 spiro atoms. The van der Waals surface area contributed by atoms with Crippen LogP contribution >= 0.6 is 0 Å². The predicted molar refractivity (Wildman–Crippen MR) is 78.9 cm³/mol. The lowest BCUT2D eigenvalue weighted by molar-refractivity contribution is 0.0506. The molecular formula is C16H20N2O3. The van der Waals surface area contributed by atoms with Gasteiger partial charge in [0, 0.05) is 18.0 Å². The number of nitriles is 1. The molecule has 1 rings (SSSR count). The molecule has 0 heterocycles. The van der Waals surface area contributed by atoms with Crippen molar-refractivity contribution in [3.63, 3.8) is 0 Å². The number of ketones is 1. The van der Waals surface area contributed by atoms with Crippen molar-refractivity contribution in [1.29, 1.82) is 5.26 Å². The summed E-state index contributed by atoms with van der Waals surface area (Å²) in [6, 6.07) is 8.08. The summed E-state index contributed by atoms with van der Waals surface area (Å²) in [5.74, 6) is -0.0944. The first-order valence-corrected chi connectivity index (χ1v) is 6.74. The van der Waals surface area contributed by atoms with Crippen LogP contribution in [0.25, 0.3) is 0 Å². The molecule has 1 atom stereocenters. The number of nitrogens with zero attached hydrogens (tertiary/aromatic N) is 1. The monoisotopic (exact) mass is 288 g/mol. The highest BCUT2D eigenvalue weighted by Crippen LogP contribution is 2.10. The summed E-state index contributed by atoms with van der Waals surface area (Å²) in [4.78, 5) is 23.6. The second-order valence-electron chi connectivity index (χ2n) is 5.86. The van der Waals surface area contributed by atoms with Gasteiger partial charge in [0.15, 0.2) is 5.78 Å². The van der Waals surface area contributed by atoms with Gasteiger partial charge in [0.25, 0.3) is 0 Å². The maximum atomic E-state index is 12.0. The third-order valence-corrected chi connectivity index (χ3v) is 2.59. The molecule has 1 amide bonds. The van der Waals surface area contributed by atoms with Crippen LogP contribution < -0.4 is 5.32 Å². The molecule has 0 saturated heterocycles. The minimum Gasteiger partial charge on any atom is -0.444 e. The highest BCUT2D eigenvalue weighted by molar-refractivity contribution is 5.96. The smallest absolute Gasteiger partial charge is 0.407 e. The van der Waals surface area contributed by atoms with E-state index in [1.54, 1.807) is 52.0 Å². The van der Waals surface area contributed by atoms with Crippen LogP contribution in [0.4, 0.5) is 4.79 Å². The first-order valence-electron chi connectivity index (χ1n) is 6.74. The van der Waals surface area contributed by atoms with E-state index in [9.17, 15) is 9.59 Å². The van der Waals surface area contributed by atoms with E-state index in [1.165, 1.54) is 0 Å². The van der Waals surface area contributed by atoms with Gasteiger partial charge < -0.3 is 10.1 Å². The van der Waals surface area contributed by atoms with Crippen LogP contribution in [-0.4, -0.2) is 23.5 Å². The highest BCUT2D eigenvalue weighted by Gasteiger charge is 2.19. The number of Topliss-reactive ketones (excluding diaryl/α,β-unsaturated/α-hetero) is 1. The van der Waals surface area contributed by atoms with Crippen LogP contribution in [0.5, 0.6) is 0 Å². The van der Waals surface area contributed by atoms with Crippen LogP contribution in [0, 0.1) is 11.3 Å². The van der Waals surface area contributed by atoms with Gasteiger partial charge in [0.1, 0.15) is 5.60 Å². The summed E-state index contributed by atoms with van der Waals surface area (Å²) >= 11 is 0. The van der Waals surface area contributed by atoms with Gasteiger partial charge in [-0.2, -0.15) is 5.26 Å². The molecule has 1 N–H and O–H groups in total. The minimum atomic E-state index is -0.569. The lowest BCUT2D eigenvalue weighted by atomic mass is 10.0. The van der Waals surface area contributed by atoms with Crippen LogP contribution in [0.2, 0.25) is 0 Å². The Morgan fingerprint density at radius 3 is 2.33 bits per heavy atom. The van der Waals surface area contributed by atoms with E-state index in [0.717, 1.165) is 0 Å². The molecule has 1 aromatic carbocycles. The Morgan fingerprint density at radius 1 is 1.29 bits per heavy atom. The molecule has 112 valence electrons. The zero-order chi connectivity index (χ0) is 16.0. The van der Waals surface area contributed by atoms with Gasteiger partial charge in [-0.3, -0.25) is 4.79 Å². The average molecular weight is 288 g/mol. The molecule has 0 radical (unpaired) electrons. The van der Waals surface area contributed by atoms with Gasteiger partial charge in [-0.25, -0.2) is 4.79 Å². The summed E-state index contributed by atoms with van der Waals surface area (Å²) in [5, 5.41) is 11.3. The Bertz CT molecular complexity index is 550. The Balaban J connectivity index is 2.54. The fourth-order valence-corrected chi connectivity index (χ4v) is 1.69.